The molecule has 13 heavy (non-hydrogen) atoms. The molecule has 1 atom stereocenters. The summed E-state index contributed by atoms with van der Waals surface area (Å²) in [5.41, 5.74) is 0. The molecule has 0 aromatic rings. The molecule has 0 aromatic heterocycles. The van der Waals surface area contributed by atoms with Gasteiger partial charge in [-0.1, -0.05) is 15.9 Å². The van der Waals surface area contributed by atoms with Gasteiger partial charge < -0.3 is 9.47 Å². The highest BCUT2D eigenvalue weighted by Crippen LogP contribution is 2.07. The third kappa shape index (κ3) is 4.40. The quantitative estimate of drug-likeness (QED) is 0.540. The van der Waals surface area contributed by atoms with Crippen molar-refractivity contribution in [2.24, 2.45) is 0 Å². The summed E-state index contributed by atoms with van der Waals surface area (Å²) in [6.45, 7) is 4.96. The van der Waals surface area contributed by atoms with Gasteiger partial charge in [-0.3, -0.25) is 4.90 Å². The maximum atomic E-state index is 5.54. The summed E-state index contributed by atoms with van der Waals surface area (Å²) in [6, 6.07) is 0. The van der Waals surface area contributed by atoms with Crippen LogP contribution in [-0.4, -0.2) is 56.3 Å². The SMILES string of the molecule is COCCCN1CCOC(CBr)C1. The van der Waals surface area contributed by atoms with Gasteiger partial charge in [-0.25, -0.2) is 0 Å². The Morgan fingerprint density at radius 1 is 1.62 bits per heavy atom. The maximum Gasteiger partial charge on any atom is 0.0799 e. The second-order valence-corrected chi connectivity index (χ2v) is 3.94. The Morgan fingerprint density at radius 2 is 2.46 bits per heavy atom. The van der Waals surface area contributed by atoms with Gasteiger partial charge in [0.25, 0.3) is 0 Å². The molecule has 0 aromatic carbocycles. The van der Waals surface area contributed by atoms with Crippen LogP contribution in [0.25, 0.3) is 0 Å². The van der Waals surface area contributed by atoms with E-state index in [0.717, 1.165) is 44.6 Å². The van der Waals surface area contributed by atoms with E-state index in [9.17, 15) is 0 Å². The highest BCUT2D eigenvalue weighted by Gasteiger charge is 2.18. The minimum absolute atomic E-state index is 0.372. The zero-order valence-corrected chi connectivity index (χ0v) is 9.75. The number of hydrogen-bond donors (Lipinski definition) is 0. The topological polar surface area (TPSA) is 21.7 Å². The summed E-state index contributed by atoms with van der Waals surface area (Å²) < 4.78 is 10.6. The smallest absolute Gasteiger partial charge is 0.0799 e. The molecule has 0 N–H and O–H groups in total. The van der Waals surface area contributed by atoms with Crippen molar-refractivity contribution in [3.8, 4) is 0 Å². The summed E-state index contributed by atoms with van der Waals surface area (Å²) in [5, 5.41) is 0.938. The summed E-state index contributed by atoms with van der Waals surface area (Å²) in [5.74, 6) is 0. The van der Waals surface area contributed by atoms with Crippen molar-refractivity contribution < 1.29 is 9.47 Å². The number of nitrogens with zero attached hydrogens (tertiary/aromatic N) is 1. The first kappa shape index (κ1) is 11.4. The maximum absolute atomic E-state index is 5.54. The first-order valence-corrected chi connectivity index (χ1v) is 5.88. The number of methoxy groups -OCH3 is 1. The lowest BCUT2D eigenvalue weighted by Gasteiger charge is -2.31. The lowest BCUT2D eigenvalue weighted by atomic mass is 10.3. The molecule has 0 spiro atoms. The van der Waals surface area contributed by atoms with Gasteiger partial charge in [-0.05, 0) is 6.42 Å². The standard InChI is InChI=1S/C9H18BrNO2/c1-12-5-2-3-11-4-6-13-9(7-10)8-11/h9H,2-8H2,1H3. The van der Waals surface area contributed by atoms with E-state index < -0.39 is 0 Å². The van der Waals surface area contributed by atoms with Crippen LogP contribution in [0.3, 0.4) is 0 Å². The van der Waals surface area contributed by atoms with Crippen molar-refractivity contribution >= 4 is 15.9 Å². The molecule has 1 rings (SSSR count). The Balaban J connectivity index is 2.11. The molecule has 1 unspecified atom stereocenters. The largest absolute Gasteiger partial charge is 0.385 e. The molecule has 0 radical (unpaired) electrons. The molecule has 0 aliphatic carbocycles. The predicted octanol–water partition coefficient (Wildman–Crippen LogP) is 1.12. The van der Waals surface area contributed by atoms with Gasteiger partial charge in [0.1, 0.15) is 0 Å². The van der Waals surface area contributed by atoms with E-state index in [1.165, 1.54) is 0 Å². The van der Waals surface area contributed by atoms with Crippen LogP contribution in [0.15, 0.2) is 0 Å². The summed E-state index contributed by atoms with van der Waals surface area (Å²) in [7, 11) is 1.75. The van der Waals surface area contributed by atoms with Gasteiger partial charge in [-0.15, -0.1) is 0 Å². The van der Waals surface area contributed by atoms with Crippen LogP contribution in [0, 0.1) is 0 Å². The van der Waals surface area contributed by atoms with Gasteiger partial charge in [-0.2, -0.15) is 0 Å². The van der Waals surface area contributed by atoms with Crippen LogP contribution in [0.4, 0.5) is 0 Å². The van der Waals surface area contributed by atoms with Crippen LogP contribution >= 0.6 is 15.9 Å². The second-order valence-electron chi connectivity index (χ2n) is 3.29. The zero-order valence-electron chi connectivity index (χ0n) is 8.17. The molecule has 0 bridgehead atoms. The minimum Gasteiger partial charge on any atom is -0.385 e. The van der Waals surface area contributed by atoms with Crippen molar-refractivity contribution in [1.29, 1.82) is 0 Å². The van der Waals surface area contributed by atoms with Crippen LogP contribution in [0.1, 0.15) is 6.42 Å². The molecule has 1 heterocycles. The molecule has 78 valence electrons. The molecule has 0 saturated carbocycles. The number of hydrogen-bond acceptors (Lipinski definition) is 3. The van der Waals surface area contributed by atoms with Crippen molar-refractivity contribution in [1.82, 2.24) is 4.90 Å². The highest BCUT2D eigenvalue weighted by atomic mass is 79.9. The molecule has 4 heteroatoms. The summed E-state index contributed by atoms with van der Waals surface area (Å²) in [6.07, 6.45) is 1.49. The van der Waals surface area contributed by atoms with Gasteiger partial charge in [0.05, 0.1) is 12.7 Å². The van der Waals surface area contributed by atoms with E-state index in [0.29, 0.717) is 6.10 Å². The fraction of sp³-hybridized carbons (Fsp3) is 1.00. The van der Waals surface area contributed by atoms with Gasteiger partial charge in [0.2, 0.25) is 0 Å². The van der Waals surface area contributed by atoms with Gasteiger partial charge in [0, 0.05) is 38.7 Å². The molecular formula is C9H18BrNO2. The fourth-order valence-corrected chi connectivity index (χ4v) is 1.90. The Morgan fingerprint density at radius 3 is 3.15 bits per heavy atom. The average Bonchev–Trinajstić information content (AvgIpc) is 2.19. The zero-order chi connectivity index (χ0) is 9.52. The number of alkyl halides is 1. The van der Waals surface area contributed by atoms with Crippen LogP contribution in [0.5, 0.6) is 0 Å². The van der Waals surface area contributed by atoms with Crippen molar-refractivity contribution in [2.45, 2.75) is 12.5 Å². The first-order chi connectivity index (χ1) is 6.36. The molecule has 1 saturated heterocycles. The van der Waals surface area contributed by atoms with E-state index in [1.807, 2.05) is 0 Å². The lowest BCUT2D eigenvalue weighted by Crippen LogP contribution is -2.43. The monoisotopic (exact) mass is 251 g/mol. The van der Waals surface area contributed by atoms with Crippen molar-refractivity contribution in [3.05, 3.63) is 0 Å². The van der Waals surface area contributed by atoms with Crippen molar-refractivity contribution in [3.63, 3.8) is 0 Å². The third-order valence-corrected chi connectivity index (χ3v) is 2.94. The Kier molecular flexibility index (Phi) is 5.95. The summed E-state index contributed by atoms with van der Waals surface area (Å²) in [4.78, 5) is 2.44. The Hall–Kier alpha value is 0.360. The first-order valence-electron chi connectivity index (χ1n) is 4.75. The van der Waals surface area contributed by atoms with Gasteiger partial charge in [0.15, 0.2) is 0 Å². The fourth-order valence-electron chi connectivity index (χ4n) is 1.51. The molecule has 1 aliphatic rings. The number of rotatable bonds is 5. The Labute approximate surface area is 88.5 Å². The molecule has 1 aliphatic heterocycles. The van der Waals surface area contributed by atoms with E-state index in [-0.39, 0.29) is 0 Å². The molecular weight excluding hydrogens is 234 g/mol. The third-order valence-electron chi connectivity index (χ3n) is 2.22. The van der Waals surface area contributed by atoms with E-state index in [2.05, 4.69) is 20.8 Å². The van der Waals surface area contributed by atoms with Crippen LogP contribution < -0.4 is 0 Å². The van der Waals surface area contributed by atoms with Gasteiger partial charge >= 0.3 is 0 Å². The normalized spacial score (nSPS) is 24.9. The Bertz CT molecular complexity index is 135. The van der Waals surface area contributed by atoms with E-state index >= 15 is 0 Å². The van der Waals surface area contributed by atoms with E-state index in [4.69, 9.17) is 9.47 Å². The predicted molar refractivity (Wildman–Crippen MR) is 56.5 cm³/mol. The highest BCUT2D eigenvalue weighted by molar-refractivity contribution is 9.09. The van der Waals surface area contributed by atoms with E-state index in [1.54, 1.807) is 7.11 Å². The van der Waals surface area contributed by atoms with Crippen LogP contribution in [-0.2, 0) is 9.47 Å². The number of morpholine rings is 1. The molecule has 3 nitrogen and oxygen atoms in total. The lowest BCUT2D eigenvalue weighted by molar-refractivity contribution is -0.0170. The average molecular weight is 252 g/mol. The molecule has 1 fully saturated rings. The second kappa shape index (κ2) is 6.76. The van der Waals surface area contributed by atoms with Crippen molar-refractivity contribution in [2.75, 3.05) is 45.3 Å². The number of halogens is 1. The summed E-state index contributed by atoms with van der Waals surface area (Å²) >= 11 is 3.44. The van der Waals surface area contributed by atoms with Crippen LogP contribution in [0.2, 0.25) is 0 Å². The molecule has 0 amide bonds. The number of ether oxygens (including phenoxy) is 2. The minimum atomic E-state index is 0.372.